The first kappa shape index (κ1) is 22.3. The zero-order valence-corrected chi connectivity index (χ0v) is 19.7. The minimum atomic E-state index is -0.417. The number of anilines is 2. The van der Waals surface area contributed by atoms with E-state index in [1.807, 2.05) is 12.1 Å². The summed E-state index contributed by atoms with van der Waals surface area (Å²) in [6.45, 7) is 2.28. The van der Waals surface area contributed by atoms with Crippen LogP contribution in [0.2, 0.25) is 0 Å². The van der Waals surface area contributed by atoms with Gasteiger partial charge in [-0.2, -0.15) is 0 Å². The number of nitrogens with zero attached hydrogens (tertiary/aromatic N) is 3. The molecule has 1 heterocycles. The number of amides is 1. The molecular weight excluding hydrogens is 447 g/mol. The number of piperazine rings is 1. The van der Waals surface area contributed by atoms with Crippen molar-refractivity contribution in [3.63, 3.8) is 0 Å². The summed E-state index contributed by atoms with van der Waals surface area (Å²) in [6, 6.07) is 11.4. The van der Waals surface area contributed by atoms with Crippen LogP contribution in [-0.2, 0) is 0 Å². The number of halogens is 1. The summed E-state index contributed by atoms with van der Waals surface area (Å²) in [4.78, 5) is 28.2. The van der Waals surface area contributed by atoms with Gasteiger partial charge in [-0.25, -0.2) is 4.39 Å². The second-order valence-corrected chi connectivity index (χ2v) is 10.8. The molecule has 1 N–H and O–H groups in total. The van der Waals surface area contributed by atoms with Crippen LogP contribution in [0.15, 0.2) is 42.5 Å². The lowest BCUT2D eigenvalue weighted by Gasteiger charge is -2.54. The second-order valence-electron chi connectivity index (χ2n) is 10.8. The van der Waals surface area contributed by atoms with Crippen LogP contribution >= 0.6 is 0 Å². The van der Waals surface area contributed by atoms with Crippen LogP contribution in [0.25, 0.3) is 0 Å². The highest BCUT2D eigenvalue weighted by Gasteiger charge is 2.48. The predicted molar refractivity (Wildman–Crippen MR) is 132 cm³/mol. The molecule has 0 unspecified atom stereocenters. The van der Waals surface area contributed by atoms with Gasteiger partial charge in [0.1, 0.15) is 11.5 Å². The summed E-state index contributed by atoms with van der Waals surface area (Å²) in [5.41, 5.74) is 2.03. The van der Waals surface area contributed by atoms with Crippen LogP contribution in [0.4, 0.5) is 21.5 Å². The molecule has 7 rings (SSSR count). The smallest absolute Gasteiger partial charge is 0.292 e. The number of nitrogens with one attached hydrogen (secondary N) is 1. The average Bonchev–Trinajstić information content (AvgIpc) is 2.85. The van der Waals surface area contributed by atoms with Gasteiger partial charge in [0.2, 0.25) is 0 Å². The summed E-state index contributed by atoms with van der Waals surface area (Å²) in [7, 11) is 0. The number of rotatable bonds is 5. The monoisotopic (exact) mass is 478 g/mol. The van der Waals surface area contributed by atoms with Gasteiger partial charge < -0.3 is 15.1 Å². The number of carbonyl (C=O) groups excluding carboxylic acids is 1. The third kappa shape index (κ3) is 4.23. The van der Waals surface area contributed by atoms with Gasteiger partial charge in [-0.3, -0.25) is 14.9 Å². The second kappa shape index (κ2) is 8.81. The van der Waals surface area contributed by atoms with Crippen LogP contribution in [0.1, 0.15) is 42.5 Å². The van der Waals surface area contributed by atoms with E-state index in [0.717, 1.165) is 17.5 Å². The topological polar surface area (TPSA) is 78.7 Å². The molecule has 7 nitrogen and oxygen atoms in total. The molecule has 2 aromatic carbocycles. The average molecular weight is 479 g/mol. The maximum absolute atomic E-state index is 13.5. The Kier molecular flexibility index (Phi) is 5.61. The first-order valence-electron chi connectivity index (χ1n) is 12.8. The van der Waals surface area contributed by atoms with E-state index in [-0.39, 0.29) is 16.5 Å². The quantitative estimate of drug-likeness (QED) is 0.487. The number of nitro benzene ring substituents is 1. The van der Waals surface area contributed by atoms with Gasteiger partial charge in [-0.15, -0.1) is 0 Å². The Morgan fingerprint density at radius 1 is 0.943 bits per heavy atom. The van der Waals surface area contributed by atoms with Crippen molar-refractivity contribution >= 4 is 23.0 Å². The highest BCUT2D eigenvalue weighted by molar-refractivity contribution is 5.94. The SMILES string of the molecule is O=C(c1cccc(F)c1)N1CCN(c2ccc([N+](=O)[O-])c(NC3C4CC5CC(C4)CC3C5)c2)CC1. The number of hydrogen-bond acceptors (Lipinski definition) is 5. The summed E-state index contributed by atoms with van der Waals surface area (Å²) in [5, 5.41) is 15.5. The van der Waals surface area contributed by atoms with Crippen molar-refractivity contribution in [2.45, 2.75) is 38.1 Å². The largest absolute Gasteiger partial charge is 0.376 e. The molecule has 1 aliphatic heterocycles. The zero-order chi connectivity index (χ0) is 24.1. The molecular formula is C27H31FN4O3. The van der Waals surface area contributed by atoms with E-state index >= 15 is 0 Å². The van der Waals surface area contributed by atoms with E-state index in [2.05, 4.69) is 10.2 Å². The van der Waals surface area contributed by atoms with E-state index in [9.17, 15) is 19.3 Å². The Balaban J connectivity index is 1.17. The normalized spacial score (nSPS) is 29.3. The number of carbonyl (C=O) groups is 1. The highest BCUT2D eigenvalue weighted by atomic mass is 19.1. The van der Waals surface area contributed by atoms with E-state index in [1.165, 1.54) is 44.2 Å². The summed E-state index contributed by atoms with van der Waals surface area (Å²) < 4.78 is 13.5. The van der Waals surface area contributed by atoms with Gasteiger partial charge >= 0.3 is 0 Å². The maximum Gasteiger partial charge on any atom is 0.292 e. The fourth-order valence-corrected chi connectivity index (χ4v) is 7.31. The van der Waals surface area contributed by atoms with Gasteiger partial charge in [0.15, 0.2) is 0 Å². The standard InChI is InChI=1S/C27H31FN4O3/c28-22-3-1-2-19(15-22)27(33)31-8-6-30(7-9-31)23-4-5-25(32(34)35)24(16-23)29-26-20-11-17-10-18(13-20)14-21(26)12-17/h1-5,15-18,20-21,26,29H,6-14H2. The highest BCUT2D eigenvalue weighted by Crippen LogP contribution is 2.54. The number of hydrogen-bond donors (Lipinski definition) is 1. The molecule has 5 fully saturated rings. The lowest BCUT2D eigenvalue weighted by atomic mass is 9.54. The molecule has 1 saturated heterocycles. The van der Waals surface area contributed by atoms with Crippen LogP contribution in [0.5, 0.6) is 0 Å². The van der Waals surface area contributed by atoms with Gasteiger partial charge in [-0.05, 0) is 86.1 Å². The fourth-order valence-electron chi connectivity index (χ4n) is 7.31. The number of benzene rings is 2. The Labute approximate surface area is 204 Å². The Morgan fingerprint density at radius 2 is 1.63 bits per heavy atom. The summed E-state index contributed by atoms with van der Waals surface area (Å²) >= 11 is 0. The lowest BCUT2D eigenvalue weighted by Crippen LogP contribution is -2.51. The van der Waals surface area contributed by atoms with Gasteiger partial charge in [0, 0.05) is 49.5 Å². The molecule has 35 heavy (non-hydrogen) atoms. The first-order valence-corrected chi connectivity index (χ1v) is 12.8. The molecule has 184 valence electrons. The Morgan fingerprint density at radius 3 is 2.26 bits per heavy atom. The van der Waals surface area contributed by atoms with Crippen molar-refractivity contribution < 1.29 is 14.1 Å². The molecule has 4 aliphatic carbocycles. The van der Waals surface area contributed by atoms with E-state index < -0.39 is 5.82 Å². The minimum absolute atomic E-state index is 0.127. The van der Waals surface area contributed by atoms with Gasteiger partial charge in [-0.1, -0.05) is 6.07 Å². The molecule has 0 atom stereocenters. The van der Waals surface area contributed by atoms with Crippen LogP contribution in [0.3, 0.4) is 0 Å². The third-order valence-corrected chi connectivity index (χ3v) is 8.73. The molecule has 1 amide bonds. The van der Waals surface area contributed by atoms with Crippen molar-refractivity contribution in [3.8, 4) is 0 Å². The first-order chi connectivity index (χ1) is 16.9. The third-order valence-electron chi connectivity index (χ3n) is 8.73. The van der Waals surface area contributed by atoms with Gasteiger partial charge in [0.05, 0.1) is 4.92 Å². The van der Waals surface area contributed by atoms with Crippen LogP contribution in [0, 0.1) is 39.6 Å². The molecule has 8 heteroatoms. The molecule has 4 saturated carbocycles. The van der Waals surface area contributed by atoms with Crippen molar-refractivity contribution in [2.24, 2.45) is 23.7 Å². The molecule has 4 bridgehead atoms. The molecule has 5 aliphatic rings. The Bertz CT molecular complexity index is 1120. The van der Waals surface area contributed by atoms with Crippen molar-refractivity contribution in [1.29, 1.82) is 0 Å². The molecule has 2 aromatic rings. The van der Waals surface area contributed by atoms with Crippen LogP contribution < -0.4 is 10.2 Å². The molecule has 0 radical (unpaired) electrons. The maximum atomic E-state index is 13.5. The van der Waals surface area contributed by atoms with Crippen molar-refractivity contribution in [3.05, 3.63) is 64.0 Å². The van der Waals surface area contributed by atoms with Gasteiger partial charge in [0.25, 0.3) is 11.6 Å². The Hall–Kier alpha value is -3.16. The van der Waals surface area contributed by atoms with Crippen molar-refractivity contribution in [2.75, 3.05) is 36.4 Å². The molecule has 0 spiro atoms. The van der Waals surface area contributed by atoms with E-state index in [0.29, 0.717) is 55.3 Å². The van der Waals surface area contributed by atoms with E-state index in [1.54, 1.807) is 23.1 Å². The van der Waals surface area contributed by atoms with Crippen LogP contribution in [-0.4, -0.2) is 48.0 Å². The molecule has 0 aromatic heterocycles. The fraction of sp³-hybridized carbons (Fsp3) is 0.519. The summed E-state index contributed by atoms with van der Waals surface area (Å²) in [6.07, 6.45) is 6.38. The lowest BCUT2D eigenvalue weighted by molar-refractivity contribution is -0.384. The summed E-state index contributed by atoms with van der Waals surface area (Å²) in [5.74, 6) is 2.35. The minimum Gasteiger partial charge on any atom is -0.376 e. The number of nitro groups is 1. The predicted octanol–water partition coefficient (Wildman–Crippen LogP) is 4.93. The van der Waals surface area contributed by atoms with Crippen molar-refractivity contribution in [1.82, 2.24) is 4.90 Å². The van der Waals surface area contributed by atoms with E-state index in [4.69, 9.17) is 0 Å². The zero-order valence-electron chi connectivity index (χ0n) is 19.7.